The summed E-state index contributed by atoms with van der Waals surface area (Å²) in [6, 6.07) is 12.3. The first-order chi connectivity index (χ1) is 18.7. The number of hydrogen-bond acceptors (Lipinski definition) is 6. The predicted octanol–water partition coefficient (Wildman–Crippen LogP) is 5.36. The normalized spacial score (nSPS) is 26.2. The Kier molecular flexibility index (Phi) is 6.61. The van der Waals surface area contributed by atoms with Gasteiger partial charge in [0.15, 0.2) is 23.1 Å². The molecule has 2 amide bonds. The summed E-state index contributed by atoms with van der Waals surface area (Å²) >= 11 is 5.40. The molecule has 2 aromatic rings. The van der Waals surface area contributed by atoms with Crippen LogP contribution in [0.5, 0.6) is 11.5 Å². The standard InChI is InChI=1S/C30H23BrINO6/c1-2-39-23-5-3-4-17(28(23)36)24-16-10-11-18-25(19(16)12-20-26(24)22(34)13-21(31)27(20)35)30(38)33(29(18)37)15-8-6-14(32)7-9-15/h3-10,13,18-19,24-25,36H,2,11-12H2,1H3. The molecule has 39 heavy (non-hydrogen) atoms. The SMILES string of the molecule is CCOc1cccc(C2C3=CCC4C(=O)N(c5ccc(I)cc5)C(=O)C4C3CC3=C2C(=O)C=C(Br)C3=O)c1O. The number of halogens is 2. The van der Waals surface area contributed by atoms with Crippen molar-refractivity contribution in [3.05, 3.63) is 85.0 Å². The molecule has 0 spiro atoms. The van der Waals surface area contributed by atoms with E-state index in [9.17, 15) is 24.3 Å². The zero-order valence-corrected chi connectivity index (χ0v) is 24.6. The van der Waals surface area contributed by atoms with Crippen LogP contribution in [0.25, 0.3) is 0 Å². The highest BCUT2D eigenvalue weighted by atomic mass is 127. The van der Waals surface area contributed by atoms with Gasteiger partial charge in [-0.15, -0.1) is 0 Å². The molecule has 2 aromatic carbocycles. The fourth-order valence-corrected chi connectivity index (χ4v) is 7.26. The maximum atomic E-state index is 13.9. The van der Waals surface area contributed by atoms with Crippen LogP contribution in [0.4, 0.5) is 5.69 Å². The maximum absolute atomic E-state index is 13.9. The van der Waals surface area contributed by atoms with E-state index in [0.717, 1.165) is 9.14 Å². The van der Waals surface area contributed by atoms with Gasteiger partial charge in [0, 0.05) is 32.3 Å². The predicted molar refractivity (Wildman–Crippen MR) is 156 cm³/mol. The van der Waals surface area contributed by atoms with Gasteiger partial charge in [-0.05, 0) is 94.5 Å². The molecule has 7 nitrogen and oxygen atoms in total. The number of aromatic hydroxyl groups is 1. The molecule has 4 atom stereocenters. The van der Waals surface area contributed by atoms with Gasteiger partial charge >= 0.3 is 0 Å². The van der Waals surface area contributed by atoms with Crippen molar-refractivity contribution >= 4 is 67.6 Å². The topological polar surface area (TPSA) is 101 Å². The molecule has 198 valence electrons. The van der Waals surface area contributed by atoms with Crippen molar-refractivity contribution in [3.63, 3.8) is 0 Å². The second-order valence-corrected chi connectivity index (χ2v) is 12.1. The van der Waals surface area contributed by atoms with Crippen LogP contribution >= 0.6 is 38.5 Å². The average molecular weight is 700 g/mol. The number of phenolic OH excluding ortho intramolecular Hbond substituents is 1. The number of phenols is 1. The summed E-state index contributed by atoms with van der Waals surface area (Å²) in [6.07, 6.45) is 3.69. The van der Waals surface area contributed by atoms with Gasteiger partial charge < -0.3 is 9.84 Å². The highest BCUT2D eigenvalue weighted by Crippen LogP contribution is 2.57. The van der Waals surface area contributed by atoms with Crippen molar-refractivity contribution < 1.29 is 29.0 Å². The lowest BCUT2D eigenvalue weighted by molar-refractivity contribution is -0.123. The van der Waals surface area contributed by atoms with E-state index in [1.807, 2.05) is 18.2 Å². The molecule has 1 saturated heterocycles. The van der Waals surface area contributed by atoms with E-state index in [4.69, 9.17) is 4.74 Å². The number of para-hydroxylation sites is 1. The molecule has 0 saturated carbocycles. The number of rotatable bonds is 4. The Morgan fingerprint density at radius 3 is 2.51 bits per heavy atom. The molecular weight excluding hydrogens is 677 g/mol. The number of amides is 2. The molecule has 6 rings (SSSR count). The van der Waals surface area contributed by atoms with Crippen LogP contribution in [0.2, 0.25) is 0 Å². The quantitative estimate of drug-likeness (QED) is 0.200. The molecule has 0 bridgehead atoms. The summed E-state index contributed by atoms with van der Waals surface area (Å²) in [5, 5.41) is 11.2. The van der Waals surface area contributed by atoms with Gasteiger partial charge in [0.05, 0.1) is 28.6 Å². The molecule has 1 aliphatic heterocycles. The largest absolute Gasteiger partial charge is 0.504 e. The van der Waals surface area contributed by atoms with Crippen LogP contribution in [0, 0.1) is 21.3 Å². The Balaban J connectivity index is 1.50. The number of nitrogens with zero attached hydrogens (tertiary/aromatic N) is 1. The molecule has 1 fully saturated rings. The number of allylic oxidation sites excluding steroid dienone is 6. The maximum Gasteiger partial charge on any atom is 0.238 e. The molecule has 9 heteroatoms. The Bertz CT molecular complexity index is 1560. The minimum Gasteiger partial charge on any atom is -0.504 e. The van der Waals surface area contributed by atoms with Gasteiger partial charge in [0.25, 0.3) is 0 Å². The number of ether oxygens (including phenoxy) is 1. The highest BCUT2D eigenvalue weighted by Gasteiger charge is 2.57. The van der Waals surface area contributed by atoms with Crippen molar-refractivity contribution in [1.29, 1.82) is 0 Å². The number of fused-ring (bicyclic) bond motifs is 3. The van der Waals surface area contributed by atoms with Crippen molar-refractivity contribution in [2.45, 2.75) is 25.7 Å². The first kappa shape index (κ1) is 26.2. The van der Waals surface area contributed by atoms with Crippen LogP contribution < -0.4 is 9.64 Å². The minimum atomic E-state index is -0.747. The summed E-state index contributed by atoms with van der Waals surface area (Å²) in [4.78, 5) is 55.5. The summed E-state index contributed by atoms with van der Waals surface area (Å²) in [7, 11) is 0. The zero-order valence-electron chi connectivity index (χ0n) is 20.8. The second-order valence-electron chi connectivity index (χ2n) is 10.0. The third kappa shape index (κ3) is 4.04. The number of anilines is 1. The molecule has 4 aliphatic rings. The smallest absolute Gasteiger partial charge is 0.238 e. The number of carbonyl (C=O) groups is 4. The molecule has 1 heterocycles. The summed E-state index contributed by atoms with van der Waals surface area (Å²) in [5.41, 5.74) is 2.35. The zero-order chi connectivity index (χ0) is 27.6. The van der Waals surface area contributed by atoms with Crippen molar-refractivity contribution in [1.82, 2.24) is 0 Å². The highest BCUT2D eigenvalue weighted by molar-refractivity contribution is 14.1. The van der Waals surface area contributed by atoms with Crippen LogP contribution in [-0.4, -0.2) is 35.1 Å². The van der Waals surface area contributed by atoms with Crippen molar-refractivity contribution in [2.24, 2.45) is 17.8 Å². The summed E-state index contributed by atoms with van der Waals surface area (Å²) in [6.45, 7) is 2.14. The molecule has 0 radical (unpaired) electrons. The van der Waals surface area contributed by atoms with Crippen LogP contribution in [-0.2, 0) is 19.2 Å². The molecule has 3 aliphatic carbocycles. The average Bonchev–Trinajstić information content (AvgIpc) is 3.18. The monoisotopic (exact) mass is 699 g/mol. The lowest BCUT2D eigenvalue weighted by atomic mass is 9.59. The summed E-state index contributed by atoms with van der Waals surface area (Å²) < 4.78 is 6.76. The third-order valence-electron chi connectivity index (χ3n) is 8.06. The lowest BCUT2D eigenvalue weighted by Gasteiger charge is -2.42. The first-order valence-corrected chi connectivity index (χ1v) is 14.6. The van der Waals surface area contributed by atoms with E-state index in [-0.39, 0.29) is 45.8 Å². The van der Waals surface area contributed by atoms with Crippen LogP contribution in [0.15, 0.2) is 75.8 Å². The van der Waals surface area contributed by atoms with E-state index in [0.29, 0.717) is 35.4 Å². The van der Waals surface area contributed by atoms with Gasteiger partial charge in [-0.3, -0.25) is 24.1 Å². The van der Waals surface area contributed by atoms with Gasteiger partial charge in [-0.25, -0.2) is 0 Å². The Hall–Kier alpha value is -3.05. The molecular formula is C30H23BrINO6. The number of benzene rings is 2. The number of Topliss-reactive ketones (excluding diaryl/α,β-unsaturated/α-hetero) is 1. The van der Waals surface area contributed by atoms with Gasteiger partial charge in [0.2, 0.25) is 11.8 Å². The first-order valence-electron chi connectivity index (χ1n) is 12.7. The van der Waals surface area contributed by atoms with E-state index in [2.05, 4.69) is 38.5 Å². The lowest BCUT2D eigenvalue weighted by Crippen LogP contribution is -2.39. The second kappa shape index (κ2) is 9.85. The van der Waals surface area contributed by atoms with Crippen molar-refractivity contribution in [2.75, 3.05) is 11.5 Å². The van der Waals surface area contributed by atoms with Crippen LogP contribution in [0.3, 0.4) is 0 Å². The summed E-state index contributed by atoms with van der Waals surface area (Å²) in [5.74, 6) is -3.51. The molecule has 0 aromatic heterocycles. The van der Waals surface area contributed by atoms with Gasteiger partial charge in [-0.2, -0.15) is 0 Å². The van der Waals surface area contributed by atoms with Gasteiger partial charge in [0.1, 0.15) is 0 Å². The van der Waals surface area contributed by atoms with Crippen LogP contribution in [0.1, 0.15) is 31.2 Å². The Morgan fingerprint density at radius 2 is 1.79 bits per heavy atom. The van der Waals surface area contributed by atoms with E-state index >= 15 is 0 Å². The van der Waals surface area contributed by atoms with E-state index in [1.54, 1.807) is 37.3 Å². The van der Waals surface area contributed by atoms with Crippen molar-refractivity contribution in [3.8, 4) is 11.5 Å². The Labute approximate surface area is 246 Å². The van der Waals surface area contributed by atoms with E-state index in [1.165, 1.54) is 11.0 Å². The number of carbonyl (C=O) groups excluding carboxylic acids is 4. The minimum absolute atomic E-state index is 0.108. The molecule has 4 unspecified atom stereocenters. The third-order valence-corrected chi connectivity index (χ3v) is 9.37. The number of ketones is 2. The Morgan fingerprint density at radius 1 is 1.05 bits per heavy atom. The van der Waals surface area contributed by atoms with Gasteiger partial charge in [-0.1, -0.05) is 23.8 Å². The fourth-order valence-electron chi connectivity index (χ4n) is 6.45. The number of imide groups is 1. The molecule has 1 N–H and O–H groups in total. The number of hydrogen-bond donors (Lipinski definition) is 1. The fraction of sp³-hybridized carbons (Fsp3) is 0.267. The van der Waals surface area contributed by atoms with E-state index < -0.39 is 23.7 Å².